The first kappa shape index (κ1) is 37.4. The van der Waals surface area contributed by atoms with Crippen LogP contribution in [0.5, 0.6) is 0 Å². The highest BCUT2D eigenvalue weighted by Gasteiger charge is 2.29. The zero-order chi connectivity index (χ0) is 38.6. The molecule has 4 aromatic carbocycles. The van der Waals surface area contributed by atoms with Crippen molar-refractivity contribution < 1.29 is 31.2 Å². The topological polar surface area (TPSA) is 139 Å². The summed E-state index contributed by atoms with van der Waals surface area (Å²) in [5.41, 5.74) is 3.18. The van der Waals surface area contributed by atoms with E-state index in [1.165, 1.54) is 30.3 Å². The SMILES string of the molecule is CCC(=O)c1c(-c2ccc(F)cc2)oc2cc(N(CCF)S(C)(=O)=O)c(-c3cccc(C(=O)N4CCN(C(=C(C#N)C#N)c5ccccc5)CC4)c3)cc12. The number of benzene rings is 4. The smallest absolute Gasteiger partial charge is 0.253 e. The third-order valence-electron chi connectivity index (χ3n) is 9.28. The number of nitrogens with zero attached hydrogens (tertiary/aromatic N) is 5. The largest absolute Gasteiger partial charge is 0.455 e. The van der Waals surface area contributed by atoms with Crippen LogP contribution in [0, 0.1) is 28.5 Å². The van der Waals surface area contributed by atoms with E-state index in [1.54, 1.807) is 42.2 Å². The molecule has 0 radical (unpaired) electrons. The summed E-state index contributed by atoms with van der Waals surface area (Å²) in [5.74, 6) is -0.852. The lowest BCUT2D eigenvalue weighted by Crippen LogP contribution is -2.48. The zero-order valence-corrected chi connectivity index (χ0v) is 30.4. The molecule has 0 N–H and O–H groups in total. The number of alkyl halides is 1. The van der Waals surface area contributed by atoms with Crippen LogP contribution < -0.4 is 4.31 Å². The lowest BCUT2D eigenvalue weighted by Gasteiger charge is -2.37. The Hall–Kier alpha value is -6.31. The first-order valence-corrected chi connectivity index (χ1v) is 19.0. The maximum absolute atomic E-state index is 14.0. The number of rotatable bonds is 11. The predicted octanol–water partition coefficient (Wildman–Crippen LogP) is 7.45. The molecule has 5 aromatic rings. The van der Waals surface area contributed by atoms with Crippen LogP contribution in [0.3, 0.4) is 0 Å². The number of piperazine rings is 1. The molecule has 54 heavy (non-hydrogen) atoms. The second kappa shape index (κ2) is 15.7. The number of carbonyl (C=O) groups excluding carboxylic acids is 2. The van der Waals surface area contributed by atoms with Gasteiger partial charge in [0.05, 0.1) is 29.7 Å². The van der Waals surface area contributed by atoms with Gasteiger partial charge in [0, 0.05) is 60.7 Å². The number of fused-ring (bicyclic) bond motifs is 1. The fourth-order valence-electron chi connectivity index (χ4n) is 6.72. The number of hydrogen-bond acceptors (Lipinski definition) is 8. The van der Waals surface area contributed by atoms with Gasteiger partial charge in [-0.2, -0.15) is 10.5 Å². The molecule has 1 fully saturated rings. The van der Waals surface area contributed by atoms with Crippen molar-refractivity contribution in [3.05, 3.63) is 119 Å². The van der Waals surface area contributed by atoms with Gasteiger partial charge in [0.1, 0.15) is 36.0 Å². The van der Waals surface area contributed by atoms with Crippen molar-refractivity contribution in [2.45, 2.75) is 13.3 Å². The molecule has 13 heteroatoms. The van der Waals surface area contributed by atoms with Crippen LogP contribution in [0.15, 0.2) is 101 Å². The summed E-state index contributed by atoms with van der Waals surface area (Å²) in [5, 5.41) is 19.8. The van der Waals surface area contributed by atoms with Crippen molar-refractivity contribution in [1.29, 1.82) is 10.5 Å². The lowest BCUT2D eigenvalue weighted by atomic mass is 9.95. The second-order valence-corrected chi connectivity index (χ2v) is 14.6. The van der Waals surface area contributed by atoms with Gasteiger partial charge in [-0.25, -0.2) is 17.2 Å². The Balaban J connectivity index is 1.41. The van der Waals surface area contributed by atoms with E-state index < -0.39 is 29.1 Å². The van der Waals surface area contributed by atoms with Crippen molar-refractivity contribution in [2.75, 3.05) is 50.0 Å². The first-order valence-electron chi connectivity index (χ1n) is 17.2. The predicted molar refractivity (Wildman–Crippen MR) is 202 cm³/mol. The summed E-state index contributed by atoms with van der Waals surface area (Å²) in [6.45, 7) is 1.52. The number of furan rings is 1. The molecule has 1 aliphatic heterocycles. The molecule has 0 spiro atoms. The van der Waals surface area contributed by atoms with Gasteiger partial charge in [-0.15, -0.1) is 0 Å². The Kier molecular flexibility index (Phi) is 10.9. The molecule has 1 saturated heterocycles. The molecular weight excluding hydrogens is 713 g/mol. The van der Waals surface area contributed by atoms with Gasteiger partial charge in [-0.3, -0.25) is 13.9 Å². The molecule has 6 rings (SSSR count). The number of ketones is 1. The maximum Gasteiger partial charge on any atom is 0.253 e. The van der Waals surface area contributed by atoms with Crippen LogP contribution in [0.2, 0.25) is 0 Å². The minimum atomic E-state index is -4.03. The van der Waals surface area contributed by atoms with Gasteiger partial charge < -0.3 is 14.2 Å². The van der Waals surface area contributed by atoms with Crippen molar-refractivity contribution >= 4 is 44.1 Å². The molecule has 10 nitrogen and oxygen atoms in total. The Morgan fingerprint density at radius 3 is 2.11 bits per heavy atom. The highest BCUT2D eigenvalue weighted by Crippen LogP contribution is 2.42. The van der Waals surface area contributed by atoms with Gasteiger partial charge in [0.15, 0.2) is 11.4 Å². The number of hydrogen-bond donors (Lipinski definition) is 0. The van der Waals surface area contributed by atoms with E-state index in [2.05, 4.69) is 0 Å². The Morgan fingerprint density at radius 1 is 0.852 bits per heavy atom. The van der Waals surface area contributed by atoms with Gasteiger partial charge in [-0.1, -0.05) is 49.4 Å². The standard InChI is InChI=1S/C41H35F2N5O5S/c1-3-36(49)38-34-23-33(35(48(17-16-42)54(2,51)52)24-37(34)53-40(38)28-12-14-32(43)15-13-28)29-10-7-11-30(22-29)41(50)47-20-18-46(19-21-47)39(31(25-44)26-45)27-8-5-4-6-9-27/h4-15,22-24H,3,16-21H2,1-2H3. The van der Waals surface area contributed by atoms with Crippen LogP contribution in [0.25, 0.3) is 39.1 Å². The highest BCUT2D eigenvalue weighted by molar-refractivity contribution is 7.92. The van der Waals surface area contributed by atoms with E-state index in [9.17, 15) is 37.3 Å². The Morgan fingerprint density at radius 2 is 1.50 bits per heavy atom. The fourth-order valence-corrected chi connectivity index (χ4v) is 7.63. The van der Waals surface area contributed by atoms with Crippen molar-refractivity contribution in [3.63, 3.8) is 0 Å². The average Bonchev–Trinajstić information content (AvgIpc) is 3.56. The number of allylic oxidation sites excluding steroid dienone is 1. The van der Waals surface area contributed by atoms with Crippen molar-refractivity contribution in [3.8, 4) is 34.6 Å². The van der Waals surface area contributed by atoms with E-state index in [1.807, 2.05) is 47.4 Å². The fraction of sp³-hybridized carbons (Fsp3) is 0.220. The molecule has 0 saturated carbocycles. The number of Topliss-reactive ketones (excluding diaryl/α,β-unsaturated/α-hetero) is 1. The highest BCUT2D eigenvalue weighted by atomic mass is 32.2. The third-order valence-corrected chi connectivity index (χ3v) is 10.5. The molecule has 0 unspecified atom stereocenters. The van der Waals surface area contributed by atoms with Gasteiger partial charge in [-0.05, 0) is 53.6 Å². The monoisotopic (exact) mass is 747 g/mol. The summed E-state index contributed by atoms with van der Waals surface area (Å²) in [7, 11) is -4.03. The summed E-state index contributed by atoms with van der Waals surface area (Å²) in [4.78, 5) is 31.0. The Labute approximate surface area is 311 Å². The summed E-state index contributed by atoms with van der Waals surface area (Å²) in [6, 6.07) is 28.2. The number of nitriles is 2. The van der Waals surface area contributed by atoms with Gasteiger partial charge in [0.25, 0.3) is 5.91 Å². The number of carbonyl (C=O) groups is 2. The maximum atomic E-state index is 14.0. The molecule has 1 aliphatic rings. The van der Waals surface area contributed by atoms with E-state index in [4.69, 9.17) is 4.42 Å². The normalized spacial score (nSPS) is 12.9. The molecular formula is C41H35F2N5O5S. The molecule has 274 valence electrons. The Bertz CT molecular complexity index is 2440. The van der Waals surface area contributed by atoms with Crippen LogP contribution in [0.1, 0.15) is 39.6 Å². The minimum absolute atomic E-state index is 0.0245. The van der Waals surface area contributed by atoms with E-state index in [0.717, 1.165) is 16.1 Å². The van der Waals surface area contributed by atoms with Gasteiger partial charge >= 0.3 is 0 Å². The van der Waals surface area contributed by atoms with E-state index in [-0.39, 0.29) is 46.3 Å². The van der Waals surface area contributed by atoms with Crippen LogP contribution in [0.4, 0.5) is 14.5 Å². The molecule has 0 atom stereocenters. The minimum Gasteiger partial charge on any atom is -0.455 e. The van der Waals surface area contributed by atoms with Crippen molar-refractivity contribution in [1.82, 2.24) is 9.80 Å². The van der Waals surface area contributed by atoms with Crippen LogP contribution in [-0.2, 0) is 10.0 Å². The summed E-state index contributed by atoms with van der Waals surface area (Å²) in [6.07, 6.45) is 1.08. The number of halogens is 2. The molecule has 1 amide bonds. The van der Waals surface area contributed by atoms with E-state index in [0.29, 0.717) is 59.5 Å². The van der Waals surface area contributed by atoms with Crippen LogP contribution in [-0.4, -0.2) is 75.6 Å². The number of amides is 1. The molecule has 1 aromatic heterocycles. The molecule has 0 aliphatic carbocycles. The molecule has 2 heterocycles. The second-order valence-electron chi connectivity index (χ2n) is 12.7. The summed E-state index contributed by atoms with van der Waals surface area (Å²) < 4.78 is 61.0. The quantitative estimate of drug-likeness (QED) is 0.100. The number of anilines is 1. The third kappa shape index (κ3) is 7.45. The number of sulfonamides is 1. The lowest BCUT2D eigenvalue weighted by molar-refractivity contribution is 0.0686. The van der Waals surface area contributed by atoms with Crippen LogP contribution >= 0.6 is 0 Å². The summed E-state index contributed by atoms with van der Waals surface area (Å²) >= 11 is 0. The van der Waals surface area contributed by atoms with E-state index >= 15 is 0 Å². The molecule has 0 bridgehead atoms. The first-order chi connectivity index (χ1) is 26.0. The average molecular weight is 748 g/mol. The van der Waals surface area contributed by atoms with Crippen molar-refractivity contribution in [2.24, 2.45) is 0 Å². The van der Waals surface area contributed by atoms with Gasteiger partial charge in [0.2, 0.25) is 10.0 Å². The zero-order valence-electron chi connectivity index (χ0n) is 29.6.